The van der Waals surface area contributed by atoms with Crippen LogP contribution in [0.5, 0.6) is 11.5 Å². The van der Waals surface area contributed by atoms with E-state index in [0.29, 0.717) is 37.5 Å². The lowest BCUT2D eigenvalue weighted by molar-refractivity contribution is -0.140. The molecule has 2 aromatic carbocycles. The molecule has 9 heteroatoms. The van der Waals surface area contributed by atoms with E-state index in [1.54, 1.807) is 24.3 Å². The summed E-state index contributed by atoms with van der Waals surface area (Å²) in [5.41, 5.74) is 0.441. The molecule has 0 bridgehead atoms. The number of hydrogen-bond donors (Lipinski definition) is 2. The van der Waals surface area contributed by atoms with Gasteiger partial charge in [0.15, 0.2) is 0 Å². The van der Waals surface area contributed by atoms with Crippen molar-refractivity contribution in [3.05, 3.63) is 64.2 Å². The molecule has 2 fully saturated rings. The van der Waals surface area contributed by atoms with E-state index in [0.717, 1.165) is 19.6 Å². The molecule has 0 radical (unpaired) electrons. The number of carbonyl (C=O) groups is 2. The zero-order valence-electron chi connectivity index (χ0n) is 18.9. The van der Waals surface area contributed by atoms with Crippen molar-refractivity contribution in [1.82, 2.24) is 9.80 Å². The number of methoxy groups -OCH3 is 1. The number of para-hydroxylation sites is 1. The van der Waals surface area contributed by atoms with Crippen molar-refractivity contribution < 1.29 is 29.3 Å². The minimum atomic E-state index is -0.876. The predicted molar refractivity (Wildman–Crippen MR) is 127 cm³/mol. The number of halogens is 1. The van der Waals surface area contributed by atoms with Crippen LogP contribution in [0.3, 0.4) is 0 Å². The number of aliphatic hydroxyl groups is 1. The lowest BCUT2D eigenvalue weighted by atomic mass is 9.94. The molecule has 0 saturated carbocycles. The number of carbonyl (C=O) groups excluding carboxylic acids is 2. The van der Waals surface area contributed by atoms with Gasteiger partial charge >= 0.3 is 0 Å². The van der Waals surface area contributed by atoms with Gasteiger partial charge in [0.05, 0.1) is 37.5 Å². The quantitative estimate of drug-likeness (QED) is 0.352. The van der Waals surface area contributed by atoms with Crippen molar-refractivity contribution in [1.29, 1.82) is 0 Å². The summed E-state index contributed by atoms with van der Waals surface area (Å²) in [4.78, 5) is 30.0. The molecule has 2 heterocycles. The molecular formula is C25H27ClN2O6. The number of phenols is 1. The van der Waals surface area contributed by atoms with E-state index in [4.69, 9.17) is 21.1 Å². The number of amides is 1. The summed E-state index contributed by atoms with van der Waals surface area (Å²) in [6, 6.07) is 10.3. The summed E-state index contributed by atoms with van der Waals surface area (Å²) in [6.45, 7) is 4.05. The van der Waals surface area contributed by atoms with E-state index in [1.165, 1.54) is 30.2 Å². The van der Waals surface area contributed by atoms with Crippen LogP contribution in [-0.4, -0.2) is 78.2 Å². The van der Waals surface area contributed by atoms with Crippen LogP contribution >= 0.6 is 11.6 Å². The highest BCUT2D eigenvalue weighted by molar-refractivity contribution is 6.46. The number of Topliss-reactive ketones (excluding diaryl/α,β-unsaturated/α-hetero) is 1. The standard InChI is InChI=1S/C25H27ClN2O6/c1-33-20-6-3-2-5-17(20)22-21(23(30)18-15-16(26)7-8-19(18)29)24(31)25(32)28(22)10-4-9-27-11-13-34-14-12-27/h2-3,5-8,15,22,29-30H,4,9-14H2,1H3. The Bertz CT molecular complexity index is 1110. The Labute approximate surface area is 202 Å². The number of hydrogen-bond acceptors (Lipinski definition) is 7. The van der Waals surface area contributed by atoms with Crippen molar-refractivity contribution in [2.75, 3.05) is 46.5 Å². The zero-order valence-corrected chi connectivity index (χ0v) is 19.6. The third kappa shape index (κ3) is 4.75. The van der Waals surface area contributed by atoms with Crippen LogP contribution in [0.15, 0.2) is 48.0 Å². The van der Waals surface area contributed by atoms with Gasteiger partial charge in [0.25, 0.3) is 11.7 Å². The van der Waals surface area contributed by atoms with Crippen molar-refractivity contribution in [3.63, 3.8) is 0 Å². The highest BCUT2D eigenvalue weighted by Gasteiger charge is 2.47. The molecule has 8 nitrogen and oxygen atoms in total. The Hall–Kier alpha value is -3.07. The predicted octanol–water partition coefficient (Wildman–Crippen LogP) is 3.20. The number of ether oxygens (including phenoxy) is 2. The van der Waals surface area contributed by atoms with E-state index in [1.807, 2.05) is 0 Å². The van der Waals surface area contributed by atoms with Gasteiger partial charge in [0, 0.05) is 36.8 Å². The molecule has 2 aromatic rings. The number of rotatable bonds is 7. The third-order valence-corrected chi connectivity index (χ3v) is 6.40. The van der Waals surface area contributed by atoms with Crippen LogP contribution in [-0.2, 0) is 14.3 Å². The van der Waals surface area contributed by atoms with Crippen molar-refractivity contribution in [2.24, 2.45) is 0 Å². The van der Waals surface area contributed by atoms with Gasteiger partial charge in [0.2, 0.25) is 0 Å². The highest BCUT2D eigenvalue weighted by atomic mass is 35.5. The largest absolute Gasteiger partial charge is 0.507 e. The number of ketones is 1. The average Bonchev–Trinajstić information content (AvgIpc) is 3.10. The first-order valence-electron chi connectivity index (χ1n) is 11.1. The van der Waals surface area contributed by atoms with Crippen LogP contribution in [0.25, 0.3) is 5.76 Å². The molecule has 180 valence electrons. The molecule has 0 aliphatic carbocycles. The smallest absolute Gasteiger partial charge is 0.295 e. The Balaban J connectivity index is 1.74. The van der Waals surface area contributed by atoms with Gasteiger partial charge in [-0.1, -0.05) is 29.8 Å². The van der Waals surface area contributed by atoms with E-state index in [-0.39, 0.29) is 21.9 Å². The van der Waals surface area contributed by atoms with E-state index in [2.05, 4.69) is 4.90 Å². The van der Waals surface area contributed by atoms with Crippen LogP contribution in [0.4, 0.5) is 0 Å². The van der Waals surface area contributed by atoms with Crippen LogP contribution in [0, 0.1) is 0 Å². The molecule has 0 aromatic heterocycles. The van der Waals surface area contributed by atoms with Gasteiger partial charge in [-0.05, 0) is 30.7 Å². The van der Waals surface area contributed by atoms with Crippen LogP contribution < -0.4 is 4.74 Å². The van der Waals surface area contributed by atoms with Crippen molar-refractivity contribution in [2.45, 2.75) is 12.5 Å². The molecule has 34 heavy (non-hydrogen) atoms. The second-order valence-corrected chi connectivity index (χ2v) is 8.64. The molecule has 1 atom stereocenters. The van der Waals surface area contributed by atoms with Crippen LogP contribution in [0.2, 0.25) is 5.02 Å². The Morgan fingerprint density at radius 1 is 1.15 bits per heavy atom. The minimum Gasteiger partial charge on any atom is -0.507 e. The summed E-state index contributed by atoms with van der Waals surface area (Å²) in [5, 5.41) is 21.7. The number of benzene rings is 2. The molecule has 1 unspecified atom stereocenters. The molecule has 1 amide bonds. The SMILES string of the molecule is COc1ccccc1C1C(=C(O)c2cc(Cl)ccc2O)C(=O)C(=O)N1CCCN1CCOCC1. The normalized spacial score (nSPS) is 20.6. The maximum atomic E-state index is 13.2. The van der Waals surface area contributed by atoms with Gasteiger partial charge in [0.1, 0.15) is 17.3 Å². The summed E-state index contributed by atoms with van der Waals surface area (Å²) < 4.78 is 10.9. The lowest BCUT2D eigenvalue weighted by Gasteiger charge is -2.29. The molecule has 2 N–H and O–H groups in total. The zero-order chi connectivity index (χ0) is 24.2. The Morgan fingerprint density at radius 3 is 2.62 bits per heavy atom. The maximum Gasteiger partial charge on any atom is 0.295 e. The molecular weight excluding hydrogens is 460 g/mol. The number of aliphatic hydroxyl groups excluding tert-OH is 1. The molecule has 0 spiro atoms. The van der Waals surface area contributed by atoms with Gasteiger partial charge in [-0.25, -0.2) is 0 Å². The number of likely N-dealkylation sites (tertiary alicyclic amines) is 1. The van der Waals surface area contributed by atoms with Gasteiger partial charge in [-0.15, -0.1) is 0 Å². The number of morpholine rings is 1. The number of aromatic hydroxyl groups is 1. The lowest BCUT2D eigenvalue weighted by Crippen LogP contribution is -2.39. The molecule has 2 aliphatic heterocycles. The van der Waals surface area contributed by atoms with Crippen molar-refractivity contribution >= 4 is 29.1 Å². The summed E-state index contributed by atoms with van der Waals surface area (Å²) in [5.74, 6) is -1.78. The monoisotopic (exact) mass is 486 g/mol. The van der Waals surface area contributed by atoms with Gasteiger partial charge < -0.3 is 24.6 Å². The topological polar surface area (TPSA) is 99.5 Å². The first-order valence-corrected chi connectivity index (χ1v) is 11.5. The summed E-state index contributed by atoms with van der Waals surface area (Å²) in [7, 11) is 1.51. The first-order chi connectivity index (χ1) is 16.4. The highest BCUT2D eigenvalue weighted by Crippen LogP contribution is 2.43. The Kier molecular flexibility index (Phi) is 7.41. The number of phenolic OH excluding ortho intramolecular Hbond substituents is 1. The van der Waals surface area contributed by atoms with E-state index < -0.39 is 23.5 Å². The fraction of sp³-hybridized carbons (Fsp3) is 0.360. The fourth-order valence-electron chi connectivity index (χ4n) is 4.46. The average molecular weight is 487 g/mol. The second kappa shape index (κ2) is 10.5. The molecule has 4 rings (SSSR count). The van der Waals surface area contributed by atoms with Gasteiger partial charge in [-0.3, -0.25) is 14.5 Å². The number of nitrogens with zero attached hydrogens (tertiary/aromatic N) is 2. The summed E-state index contributed by atoms with van der Waals surface area (Å²) in [6.07, 6.45) is 0.640. The molecule has 2 saturated heterocycles. The first kappa shape index (κ1) is 24.1. The van der Waals surface area contributed by atoms with Crippen LogP contribution in [0.1, 0.15) is 23.6 Å². The van der Waals surface area contributed by atoms with E-state index in [9.17, 15) is 19.8 Å². The minimum absolute atomic E-state index is 0.0151. The maximum absolute atomic E-state index is 13.2. The molecule has 2 aliphatic rings. The summed E-state index contributed by atoms with van der Waals surface area (Å²) >= 11 is 6.06. The van der Waals surface area contributed by atoms with E-state index >= 15 is 0 Å². The van der Waals surface area contributed by atoms with Gasteiger partial charge in [-0.2, -0.15) is 0 Å². The fourth-order valence-corrected chi connectivity index (χ4v) is 4.63. The third-order valence-electron chi connectivity index (χ3n) is 6.16. The van der Waals surface area contributed by atoms with Crippen molar-refractivity contribution in [3.8, 4) is 11.5 Å². The second-order valence-electron chi connectivity index (χ2n) is 8.20. The Morgan fingerprint density at radius 2 is 1.88 bits per heavy atom.